The van der Waals surface area contributed by atoms with Crippen LogP contribution < -0.4 is 11.2 Å². The Morgan fingerprint density at radius 2 is 1.78 bits per heavy atom. The smallest absolute Gasteiger partial charge is 0.316 e. The number of hydrogen-bond donors (Lipinski definition) is 0. The summed E-state index contributed by atoms with van der Waals surface area (Å²) in [6.07, 6.45) is 1.03. The zero-order valence-electron chi connectivity index (χ0n) is 10.9. The van der Waals surface area contributed by atoms with E-state index in [9.17, 15) is 9.59 Å². The molecule has 0 N–H and O–H groups in total. The maximum Gasteiger partial charge on any atom is 0.332 e. The molecule has 6 nitrogen and oxygen atoms in total. The van der Waals surface area contributed by atoms with E-state index >= 15 is 0 Å². The number of aromatic nitrogens is 4. The van der Waals surface area contributed by atoms with Crippen LogP contribution in [0.3, 0.4) is 0 Å². The quantitative estimate of drug-likeness (QED) is 0.759. The maximum atomic E-state index is 12.1. The summed E-state index contributed by atoms with van der Waals surface area (Å²) in [5, 5.41) is 0.769. The van der Waals surface area contributed by atoms with Crippen molar-refractivity contribution >= 4 is 22.9 Å². The second-order valence-corrected chi connectivity index (χ2v) is 5.24. The molecule has 7 heteroatoms. The van der Waals surface area contributed by atoms with Gasteiger partial charge in [-0.3, -0.25) is 13.9 Å². The normalized spacial score (nSPS) is 11.3. The molecule has 0 spiro atoms. The summed E-state index contributed by atoms with van der Waals surface area (Å²) in [5.41, 5.74) is 0.270. The summed E-state index contributed by atoms with van der Waals surface area (Å²) in [7, 11) is 4.92. The third-order valence-electron chi connectivity index (χ3n) is 2.87. The fraction of sp³-hybridized carbons (Fsp3) is 0.545. The van der Waals surface area contributed by atoms with Crippen molar-refractivity contribution < 1.29 is 0 Å². The van der Waals surface area contributed by atoms with Crippen molar-refractivity contribution in [2.45, 2.75) is 18.5 Å². The van der Waals surface area contributed by atoms with E-state index in [1.165, 1.54) is 11.6 Å². The minimum absolute atomic E-state index is 0.300. The van der Waals surface area contributed by atoms with Crippen LogP contribution in [0.1, 0.15) is 13.3 Å². The van der Waals surface area contributed by atoms with Gasteiger partial charge >= 0.3 is 5.69 Å². The summed E-state index contributed by atoms with van der Waals surface area (Å²) < 4.78 is 4.28. The van der Waals surface area contributed by atoms with Gasteiger partial charge in [0.05, 0.1) is 0 Å². The molecular formula is C11H16N4O2S. The molecule has 0 saturated heterocycles. The van der Waals surface area contributed by atoms with E-state index in [0.29, 0.717) is 11.2 Å². The third kappa shape index (κ3) is 1.78. The van der Waals surface area contributed by atoms with Crippen LogP contribution in [0.25, 0.3) is 11.2 Å². The largest absolute Gasteiger partial charge is 0.332 e. The topological polar surface area (TPSA) is 61.8 Å². The zero-order valence-corrected chi connectivity index (χ0v) is 11.7. The standard InChI is InChI=1S/C11H16N4O2S/c1-5-6-18-10-12-8-7(13(10)2)9(16)15(4)11(17)14(8)3/h5-6H2,1-4H3. The summed E-state index contributed by atoms with van der Waals surface area (Å²) in [6.45, 7) is 2.09. The first-order chi connectivity index (χ1) is 8.49. The number of imidazole rings is 1. The Hall–Kier alpha value is -1.50. The molecule has 0 radical (unpaired) electrons. The molecule has 0 amide bonds. The van der Waals surface area contributed by atoms with Crippen molar-refractivity contribution in [1.29, 1.82) is 0 Å². The van der Waals surface area contributed by atoms with E-state index in [1.807, 2.05) is 0 Å². The van der Waals surface area contributed by atoms with E-state index < -0.39 is 0 Å². The highest BCUT2D eigenvalue weighted by Gasteiger charge is 2.16. The first-order valence-corrected chi connectivity index (χ1v) is 6.72. The van der Waals surface area contributed by atoms with Gasteiger partial charge in [0.15, 0.2) is 16.3 Å². The van der Waals surface area contributed by atoms with Crippen LogP contribution in [-0.2, 0) is 21.1 Å². The fourth-order valence-electron chi connectivity index (χ4n) is 1.82. The summed E-state index contributed by atoms with van der Waals surface area (Å²) >= 11 is 1.59. The number of rotatable bonds is 3. The Bertz CT molecular complexity index is 710. The molecule has 0 aromatic carbocycles. The molecule has 0 aliphatic carbocycles. The van der Waals surface area contributed by atoms with Crippen molar-refractivity contribution in [1.82, 2.24) is 18.7 Å². The third-order valence-corrected chi connectivity index (χ3v) is 4.11. The second-order valence-electron chi connectivity index (χ2n) is 4.18. The molecule has 0 saturated carbocycles. The van der Waals surface area contributed by atoms with Crippen LogP contribution in [-0.4, -0.2) is 24.4 Å². The van der Waals surface area contributed by atoms with Gasteiger partial charge in [-0.25, -0.2) is 9.78 Å². The molecule has 0 bridgehead atoms. The molecule has 2 heterocycles. The zero-order chi connectivity index (χ0) is 13.4. The Labute approximate surface area is 108 Å². The fourth-order valence-corrected chi connectivity index (χ4v) is 2.64. The van der Waals surface area contributed by atoms with Gasteiger partial charge in [-0.15, -0.1) is 0 Å². The SMILES string of the molecule is CCCSc1nc2c(c(=O)n(C)c(=O)n2C)n1C. The maximum absolute atomic E-state index is 12.1. The predicted molar refractivity (Wildman–Crippen MR) is 72.2 cm³/mol. The lowest BCUT2D eigenvalue weighted by molar-refractivity contribution is 0.705. The Balaban J connectivity index is 2.80. The van der Waals surface area contributed by atoms with Gasteiger partial charge in [0.25, 0.3) is 5.56 Å². The van der Waals surface area contributed by atoms with Crippen LogP contribution in [0, 0.1) is 0 Å². The molecule has 0 unspecified atom stereocenters. The van der Waals surface area contributed by atoms with Crippen LogP contribution in [0.5, 0.6) is 0 Å². The molecule has 18 heavy (non-hydrogen) atoms. The lowest BCUT2D eigenvalue weighted by Gasteiger charge is -2.03. The summed E-state index contributed by atoms with van der Waals surface area (Å²) in [5.74, 6) is 0.936. The van der Waals surface area contributed by atoms with Crippen molar-refractivity contribution in [3.05, 3.63) is 20.8 Å². The number of aryl methyl sites for hydroxylation is 2. The van der Waals surface area contributed by atoms with E-state index in [1.54, 1.807) is 30.4 Å². The number of hydrogen-bond acceptors (Lipinski definition) is 4. The number of nitrogens with zero attached hydrogens (tertiary/aromatic N) is 4. The van der Waals surface area contributed by atoms with Gasteiger partial charge < -0.3 is 4.57 Å². The van der Waals surface area contributed by atoms with Gasteiger partial charge in [-0.2, -0.15) is 0 Å². The molecule has 2 aromatic heterocycles. The second kappa shape index (κ2) is 4.64. The molecule has 0 aliphatic heterocycles. The van der Waals surface area contributed by atoms with Crippen LogP contribution in [0.2, 0.25) is 0 Å². The van der Waals surface area contributed by atoms with Crippen molar-refractivity contribution in [3.8, 4) is 0 Å². The van der Waals surface area contributed by atoms with Gasteiger partial charge in [0, 0.05) is 26.9 Å². The van der Waals surface area contributed by atoms with E-state index in [4.69, 9.17) is 0 Å². The highest BCUT2D eigenvalue weighted by Crippen LogP contribution is 2.20. The lowest BCUT2D eigenvalue weighted by atomic mass is 10.5. The molecule has 2 aromatic rings. The minimum atomic E-state index is -0.349. The highest BCUT2D eigenvalue weighted by atomic mass is 32.2. The van der Waals surface area contributed by atoms with Gasteiger partial charge in [-0.05, 0) is 6.42 Å². The van der Waals surface area contributed by atoms with Crippen molar-refractivity contribution in [3.63, 3.8) is 0 Å². The van der Waals surface area contributed by atoms with Crippen molar-refractivity contribution in [2.75, 3.05) is 5.75 Å². The predicted octanol–water partition coefficient (Wildman–Crippen LogP) is 0.473. The minimum Gasteiger partial charge on any atom is -0.316 e. The van der Waals surface area contributed by atoms with Crippen molar-refractivity contribution in [2.24, 2.45) is 21.1 Å². The molecule has 2 rings (SSSR count). The molecular weight excluding hydrogens is 252 g/mol. The molecule has 98 valence electrons. The Morgan fingerprint density at radius 1 is 1.11 bits per heavy atom. The Kier molecular flexibility index (Phi) is 3.34. The lowest BCUT2D eigenvalue weighted by Crippen LogP contribution is -2.37. The summed E-state index contributed by atoms with van der Waals surface area (Å²) in [4.78, 5) is 28.3. The van der Waals surface area contributed by atoms with E-state index in [0.717, 1.165) is 21.9 Å². The van der Waals surface area contributed by atoms with Crippen LogP contribution in [0.15, 0.2) is 14.7 Å². The van der Waals surface area contributed by atoms with Crippen LogP contribution in [0.4, 0.5) is 0 Å². The Morgan fingerprint density at radius 3 is 2.39 bits per heavy atom. The number of thioether (sulfide) groups is 1. The monoisotopic (exact) mass is 268 g/mol. The average Bonchev–Trinajstić information content (AvgIpc) is 2.69. The average molecular weight is 268 g/mol. The van der Waals surface area contributed by atoms with Gasteiger partial charge in [0.1, 0.15) is 0 Å². The molecule has 0 aliphatic rings. The van der Waals surface area contributed by atoms with Crippen LogP contribution >= 0.6 is 11.8 Å². The molecule has 0 atom stereocenters. The molecule has 0 fully saturated rings. The van der Waals surface area contributed by atoms with E-state index in [2.05, 4.69) is 11.9 Å². The van der Waals surface area contributed by atoms with E-state index in [-0.39, 0.29) is 11.2 Å². The van der Waals surface area contributed by atoms with Gasteiger partial charge in [0.2, 0.25) is 0 Å². The highest BCUT2D eigenvalue weighted by molar-refractivity contribution is 7.99. The first kappa shape index (κ1) is 12.9. The first-order valence-electron chi connectivity index (χ1n) is 5.74. The number of fused-ring (bicyclic) bond motifs is 1. The van der Waals surface area contributed by atoms with Gasteiger partial charge in [-0.1, -0.05) is 18.7 Å². The summed E-state index contributed by atoms with van der Waals surface area (Å²) in [6, 6.07) is 0.